The minimum absolute atomic E-state index is 0.136. The molecule has 0 saturated heterocycles. The molecular formula is C15H18ClN5OS. The lowest BCUT2D eigenvalue weighted by atomic mass is 10.1. The molecule has 6 nitrogen and oxygen atoms in total. The summed E-state index contributed by atoms with van der Waals surface area (Å²) in [7, 11) is 3.89. The van der Waals surface area contributed by atoms with Crippen LogP contribution in [0.15, 0.2) is 44.5 Å². The lowest BCUT2D eigenvalue weighted by Crippen LogP contribution is -2.09. The molecule has 3 N–H and O–H groups in total. The summed E-state index contributed by atoms with van der Waals surface area (Å²) < 4.78 is 0. The highest BCUT2D eigenvalue weighted by Gasteiger charge is 2.25. The Morgan fingerprint density at radius 2 is 2.22 bits per heavy atom. The van der Waals surface area contributed by atoms with Crippen LogP contribution in [0.5, 0.6) is 0 Å². The Morgan fingerprint density at radius 1 is 1.52 bits per heavy atom. The van der Waals surface area contributed by atoms with E-state index in [1.165, 1.54) is 17.8 Å². The number of aldehydes is 1. The van der Waals surface area contributed by atoms with Gasteiger partial charge in [0.1, 0.15) is 16.7 Å². The van der Waals surface area contributed by atoms with Crippen LogP contribution in [0.25, 0.3) is 0 Å². The lowest BCUT2D eigenvalue weighted by Gasteiger charge is -2.08. The van der Waals surface area contributed by atoms with Crippen LogP contribution in [0.4, 0.5) is 0 Å². The van der Waals surface area contributed by atoms with Crippen molar-refractivity contribution in [3.63, 3.8) is 0 Å². The van der Waals surface area contributed by atoms with Gasteiger partial charge in [0, 0.05) is 20.3 Å². The third-order valence-corrected chi connectivity index (χ3v) is 4.06. The maximum atomic E-state index is 11.3. The molecule has 0 aromatic rings. The van der Waals surface area contributed by atoms with E-state index in [2.05, 4.69) is 9.98 Å². The summed E-state index contributed by atoms with van der Waals surface area (Å²) in [6.45, 7) is 0. The fourth-order valence-corrected chi connectivity index (χ4v) is 2.94. The van der Waals surface area contributed by atoms with Crippen LogP contribution in [0, 0.1) is 11.3 Å². The van der Waals surface area contributed by atoms with Crippen LogP contribution in [-0.2, 0) is 4.79 Å². The number of aliphatic imine (C=N–C) groups is 2. The molecule has 1 aliphatic carbocycles. The van der Waals surface area contributed by atoms with Crippen molar-refractivity contribution >= 4 is 45.8 Å². The van der Waals surface area contributed by atoms with Crippen molar-refractivity contribution in [3.8, 4) is 0 Å². The molecule has 1 aliphatic heterocycles. The molecule has 8 heteroatoms. The minimum Gasteiger partial charge on any atom is -0.383 e. The molecule has 2 aliphatic rings. The predicted octanol–water partition coefficient (Wildman–Crippen LogP) is 2.48. The van der Waals surface area contributed by atoms with Gasteiger partial charge in [0.05, 0.1) is 4.91 Å². The van der Waals surface area contributed by atoms with Crippen LogP contribution in [-0.4, -0.2) is 41.5 Å². The van der Waals surface area contributed by atoms with Gasteiger partial charge in [0.15, 0.2) is 11.5 Å². The quantitative estimate of drug-likeness (QED) is 0.332. The zero-order valence-electron chi connectivity index (χ0n) is 12.9. The highest BCUT2D eigenvalue weighted by molar-refractivity contribution is 8.18. The van der Waals surface area contributed by atoms with E-state index in [-0.39, 0.29) is 11.0 Å². The number of carbonyl (C=O) groups is 1. The molecule has 0 amide bonds. The molecule has 0 aromatic heterocycles. The van der Waals surface area contributed by atoms with Gasteiger partial charge in [0.25, 0.3) is 0 Å². The van der Waals surface area contributed by atoms with Gasteiger partial charge in [-0.2, -0.15) is 0 Å². The van der Waals surface area contributed by atoms with Crippen molar-refractivity contribution in [1.29, 1.82) is 5.41 Å². The van der Waals surface area contributed by atoms with Gasteiger partial charge in [-0.05, 0) is 48.2 Å². The molecule has 0 aromatic carbocycles. The van der Waals surface area contributed by atoms with E-state index in [0.717, 1.165) is 18.4 Å². The predicted molar refractivity (Wildman–Crippen MR) is 97.0 cm³/mol. The number of amidine groups is 2. The van der Waals surface area contributed by atoms with Crippen molar-refractivity contribution in [3.05, 3.63) is 34.5 Å². The monoisotopic (exact) mass is 351 g/mol. The van der Waals surface area contributed by atoms with Crippen LogP contribution in [0.2, 0.25) is 0 Å². The number of halogens is 1. The van der Waals surface area contributed by atoms with E-state index in [4.69, 9.17) is 22.7 Å². The van der Waals surface area contributed by atoms with Crippen LogP contribution < -0.4 is 5.73 Å². The molecule has 0 radical (unpaired) electrons. The summed E-state index contributed by atoms with van der Waals surface area (Å²) in [6, 6.07) is 0. The second-order valence-electron chi connectivity index (χ2n) is 5.40. The molecule has 0 unspecified atom stereocenters. The number of hydrogen-bond acceptors (Lipinski definition) is 6. The number of hydrogen-bond donors (Lipinski definition) is 2. The Bertz CT molecular complexity index is 671. The number of thioether (sulfide) groups is 1. The molecule has 1 heterocycles. The molecule has 2 rings (SSSR count). The van der Waals surface area contributed by atoms with E-state index in [9.17, 15) is 4.79 Å². The summed E-state index contributed by atoms with van der Waals surface area (Å²) in [5, 5.41) is 7.48. The van der Waals surface area contributed by atoms with Crippen molar-refractivity contribution in [1.82, 2.24) is 4.90 Å². The van der Waals surface area contributed by atoms with E-state index < -0.39 is 0 Å². The number of allylic oxidation sites excluding steroid dienone is 4. The summed E-state index contributed by atoms with van der Waals surface area (Å²) in [6.07, 6.45) is 8.15. The summed E-state index contributed by atoms with van der Waals surface area (Å²) >= 11 is 6.71. The van der Waals surface area contributed by atoms with Gasteiger partial charge in [-0.15, -0.1) is 0 Å². The van der Waals surface area contributed by atoms with Gasteiger partial charge in [-0.3, -0.25) is 10.2 Å². The fraction of sp³-hybridized carbons (Fsp3) is 0.333. The largest absolute Gasteiger partial charge is 0.383 e. The number of rotatable bonds is 6. The molecule has 122 valence electrons. The Labute approximate surface area is 144 Å². The van der Waals surface area contributed by atoms with Crippen molar-refractivity contribution in [2.24, 2.45) is 21.6 Å². The molecule has 1 fully saturated rings. The smallest absolute Gasteiger partial charge is 0.195 e. The second-order valence-corrected chi connectivity index (χ2v) is 6.82. The highest BCUT2D eigenvalue weighted by Crippen LogP contribution is 2.37. The van der Waals surface area contributed by atoms with E-state index in [1.807, 2.05) is 25.2 Å². The first-order valence-corrected chi connectivity index (χ1v) is 8.20. The topological polar surface area (TPSA) is 94.9 Å². The first kappa shape index (κ1) is 17.5. The van der Waals surface area contributed by atoms with Crippen molar-refractivity contribution < 1.29 is 4.79 Å². The third-order valence-electron chi connectivity index (χ3n) is 3.04. The number of carbonyl (C=O) groups excluding carboxylic acids is 1. The summed E-state index contributed by atoms with van der Waals surface area (Å²) in [5.74, 6) is 0.736. The molecular weight excluding hydrogens is 334 g/mol. The number of nitrogens with one attached hydrogen (secondary N) is 1. The number of nitrogens with zero attached hydrogens (tertiary/aromatic N) is 3. The lowest BCUT2D eigenvalue weighted by molar-refractivity contribution is -0.104. The first-order valence-electron chi connectivity index (χ1n) is 7.01. The molecule has 1 saturated carbocycles. The SMILES string of the molecule is CN(C)/C=C(\C=C(/C=O)N=C1N=C(N)/C(=C\C(=N)Cl)S1)C1CC1. The third kappa shape index (κ3) is 5.37. The zero-order chi connectivity index (χ0) is 17.0. The normalized spacial score (nSPS) is 22.5. The highest BCUT2D eigenvalue weighted by atomic mass is 35.5. The average Bonchev–Trinajstić information content (AvgIpc) is 3.23. The summed E-state index contributed by atoms with van der Waals surface area (Å²) in [5.41, 5.74) is 7.14. The van der Waals surface area contributed by atoms with Gasteiger partial charge >= 0.3 is 0 Å². The standard InChI is InChI=1S/C15H18ClN5OS/c1-21(2)7-10(9-3-4-9)5-11(8-22)19-15-20-14(18)12(23-15)6-13(16)17/h5-9,17H,3-4H2,1-2H3,(H2,18,19,20)/b10-7+,11-5+,12-6+,17-13?. The van der Waals surface area contributed by atoms with Crippen LogP contribution in [0.3, 0.4) is 0 Å². The van der Waals surface area contributed by atoms with Gasteiger partial charge in [0.2, 0.25) is 0 Å². The van der Waals surface area contributed by atoms with Gasteiger partial charge in [-0.1, -0.05) is 11.6 Å². The van der Waals surface area contributed by atoms with Crippen LogP contribution >= 0.6 is 23.4 Å². The van der Waals surface area contributed by atoms with E-state index in [0.29, 0.717) is 28.0 Å². The Hall–Kier alpha value is -1.86. The van der Waals surface area contributed by atoms with Gasteiger partial charge in [-0.25, -0.2) is 9.98 Å². The first-order chi connectivity index (χ1) is 10.9. The molecule has 0 atom stereocenters. The Morgan fingerprint density at radius 3 is 2.74 bits per heavy atom. The second kappa shape index (κ2) is 7.61. The molecule has 23 heavy (non-hydrogen) atoms. The van der Waals surface area contributed by atoms with Crippen molar-refractivity contribution in [2.45, 2.75) is 12.8 Å². The summed E-state index contributed by atoms with van der Waals surface area (Å²) in [4.78, 5) is 22.2. The van der Waals surface area contributed by atoms with Gasteiger partial charge < -0.3 is 10.6 Å². The van der Waals surface area contributed by atoms with E-state index in [1.54, 1.807) is 6.08 Å². The zero-order valence-corrected chi connectivity index (χ0v) is 14.5. The number of nitrogens with two attached hydrogens (primary N) is 1. The average molecular weight is 352 g/mol. The molecule has 0 spiro atoms. The maximum Gasteiger partial charge on any atom is 0.195 e. The minimum atomic E-state index is -0.136. The van der Waals surface area contributed by atoms with E-state index >= 15 is 0 Å². The molecule has 0 bridgehead atoms. The maximum absolute atomic E-state index is 11.3. The van der Waals surface area contributed by atoms with Crippen molar-refractivity contribution in [2.75, 3.05) is 14.1 Å². The van der Waals surface area contributed by atoms with Crippen LogP contribution in [0.1, 0.15) is 12.8 Å². The fourth-order valence-electron chi connectivity index (χ4n) is 1.95. The Kier molecular flexibility index (Phi) is 5.79. The Balaban J connectivity index is 2.24.